The van der Waals surface area contributed by atoms with E-state index < -0.39 is 0 Å². The zero-order valence-electron chi connectivity index (χ0n) is 11.4. The molecule has 0 saturated carbocycles. The molecule has 20 heavy (non-hydrogen) atoms. The predicted octanol–water partition coefficient (Wildman–Crippen LogP) is 1.26. The van der Waals surface area contributed by atoms with Gasteiger partial charge in [-0.1, -0.05) is 25.1 Å². The average Bonchev–Trinajstić information content (AvgIpc) is 2.42. The molecule has 2 rings (SSSR count). The fourth-order valence-electron chi connectivity index (χ4n) is 2.22. The van der Waals surface area contributed by atoms with Gasteiger partial charge in [-0.2, -0.15) is 0 Å². The third-order valence-corrected chi connectivity index (χ3v) is 3.17. The van der Waals surface area contributed by atoms with E-state index in [1.807, 2.05) is 31.2 Å². The second-order valence-corrected chi connectivity index (χ2v) is 4.54. The van der Waals surface area contributed by atoms with Crippen molar-refractivity contribution >= 4 is 29.9 Å². The van der Waals surface area contributed by atoms with Crippen molar-refractivity contribution in [3.8, 4) is 0 Å². The summed E-state index contributed by atoms with van der Waals surface area (Å²) in [6.07, 6.45) is 0.212. The van der Waals surface area contributed by atoms with Crippen LogP contribution in [0, 0.1) is 0 Å². The van der Waals surface area contributed by atoms with Crippen LogP contribution in [0.3, 0.4) is 0 Å². The van der Waals surface area contributed by atoms with Crippen molar-refractivity contribution in [3.63, 3.8) is 0 Å². The van der Waals surface area contributed by atoms with Gasteiger partial charge in [0, 0.05) is 25.2 Å². The Morgan fingerprint density at radius 1 is 1.35 bits per heavy atom. The van der Waals surface area contributed by atoms with Gasteiger partial charge in [-0.25, -0.2) is 0 Å². The number of anilines is 1. The molecule has 0 bridgehead atoms. The molecule has 1 aliphatic rings. The van der Waals surface area contributed by atoms with Crippen molar-refractivity contribution in [1.82, 2.24) is 10.6 Å². The predicted molar refractivity (Wildman–Crippen MR) is 81.2 cm³/mol. The number of nitrogens with one attached hydrogen (secondary N) is 3. The number of para-hydroxylation sites is 1. The van der Waals surface area contributed by atoms with Crippen LogP contribution in [0.1, 0.15) is 24.8 Å². The Bertz CT molecular complexity index is 479. The number of carbonyl (C=O) groups excluding carboxylic acids is 2. The second-order valence-electron chi connectivity index (χ2n) is 4.54. The number of benzene rings is 1. The maximum Gasteiger partial charge on any atom is 0.228 e. The quantitative estimate of drug-likeness (QED) is 0.717. The first-order valence-electron chi connectivity index (χ1n) is 6.59. The van der Waals surface area contributed by atoms with Gasteiger partial charge in [0.1, 0.15) is 0 Å². The Hall–Kier alpha value is -1.59. The summed E-state index contributed by atoms with van der Waals surface area (Å²) in [5, 5.41) is 8.80. The minimum atomic E-state index is -0.383. The van der Waals surface area contributed by atoms with Gasteiger partial charge in [0.05, 0.1) is 5.92 Å². The van der Waals surface area contributed by atoms with Crippen molar-refractivity contribution in [1.29, 1.82) is 0 Å². The fourth-order valence-corrected chi connectivity index (χ4v) is 2.22. The normalized spacial score (nSPS) is 16.6. The van der Waals surface area contributed by atoms with Crippen LogP contribution < -0.4 is 16.0 Å². The zero-order chi connectivity index (χ0) is 13.7. The van der Waals surface area contributed by atoms with Crippen molar-refractivity contribution in [2.45, 2.75) is 19.3 Å². The Morgan fingerprint density at radius 2 is 2.10 bits per heavy atom. The molecule has 0 radical (unpaired) electrons. The van der Waals surface area contributed by atoms with Crippen molar-refractivity contribution in [2.24, 2.45) is 0 Å². The van der Waals surface area contributed by atoms with Crippen LogP contribution in [0.15, 0.2) is 24.3 Å². The molecular formula is C14H20ClN3O2. The third-order valence-electron chi connectivity index (χ3n) is 3.17. The van der Waals surface area contributed by atoms with Gasteiger partial charge in [-0.15, -0.1) is 12.4 Å². The molecule has 6 heteroatoms. The highest BCUT2D eigenvalue weighted by Gasteiger charge is 2.29. The summed E-state index contributed by atoms with van der Waals surface area (Å²) in [5.41, 5.74) is 1.63. The molecule has 1 aromatic carbocycles. The van der Waals surface area contributed by atoms with E-state index in [1.165, 1.54) is 0 Å². The largest absolute Gasteiger partial charge is 0.354 e. The number of amides is 2. The molecule has 0 spiro atoms. The average molecular weight is 298 g/mol. The van der Waals surface area contributed by atoms with Crippen LogP contribution in [0.5, 0.6) is 0 Å². The molecule has 0 fully saturated rings. The highest BCUT2D eigenvalue weighted by Crippen LogP contribution is 2.31. The first kappa shape index (κ1) is 16.5. The summed E-state index contributed by atoms with van der Waals surface area (Å²) in [4.78, 5) is 23.8. The maximum absolute atomic E-state index is 12.2. The van der Waals surface area contributed by atoms with Crippen LogP contribution in [0.4, 0.5) is 5.69 Å². The van der Waals surface area contributed by atoms with Gasteiger partial charge in [0.2, 0.25) is 11.8 Å². The molecule has 3 N–H and O–H groups in total. The molecule has 5 nitrogen and oxygen atoms in total. The number of rotatable bonds is 5. The number of hydrogen-bond acceptors (Lipinski definition) is 3. The first-order chi connectivity index (χ1) is 9.22. The summed E-state index contributed by atoms with van der Waals surface area (Å²) in [6, 6.07) is 7.45. The molecule has 2 amide bonds. The first-order valence-corrected chi connectivity index (χ1v) is 6.59. The van der Waals surface area contributed by atoms with Crippen molar-refractivity contribution < 1.29 is 9.59 Å². The molecule has 1 unspecified atom stereocenters. The van der Waals surface area contributed by atoms with Crippen molar-refractivity contribution in [3.05, 3.63) is 29.8 Å². The Morgan fingerprint density at radius 3 is 2.85 bits per heavy atom. The van der Waals surface area contributed by atoms with E-state index >= 15 is 0 Å². The van der Waals surface area contributed by atoms with E-state index in [1.54, 1.807) is 0 Å². The number of likely N-dealkylation sites (N-methyl/N-ethyl adjacent to an activating group) is 1. The minimum absolute atomic E-state index is 0. The lowest BCUT2D eigenvalue weighted by atomic mass is 9.90. The van der Waals surface area contributed by atoms with E-state index in [4.69, 9.17) is 0 Å². The summed E-state index contributed by atoms with van der Waals surface area (Å²) < 4.78 is 0. The topological polar surface area (TPSA) is 70.2 Å². The van der Waals surface area contributed by atoms with E-state index in [0.29, 0.717) is 6.54 Å². The number of fused-ring (bicyclic) bond motifs is 1. The van der Waals surface area contributed by atoms with E-state index in [2.05, 4.69) is 16.0 Å². The summed E-state index contributed by atoms with van der Waals surface area (Å²) in [7, 11) is 0. The van der Waals surface area contributed by atoms with E-state index in [0.717, 1.165) is 24.3 Å². The number of halogens is 1. The molecule has 110 valence electrons. The lowest BCUT2D eigenvalue weighted by Gasteiger charge is -2.24. The van der Waals surface area contributed by atoms with Crippen molar-refractivity contribution in [2.75, 3.05) is 25.0 Å². The maximum atomic E-state index is 12.2. The lowest BCUT2D eigenvalue weighted by molar-refractivity contribution is -0.126. The summed E-state index contributed by atoms with van der Waals surface area (Å²) in [6.45, 7) is 4.21. The zero-order valence-corrected chi connectivity index (χ0v) is 12.3. The van der Waals surface area contributed by atoms with Gasteiger partial charge >= 0.3 is 0 Å². The van der Waals surface area contributed by atoms with Gasteiger partial charge in [0.25, 0.3) is 0 Å². The molecule has 1 heterocycles. The SMILES string of the molecule is CCNCCNC(=O)C1CC(=O)Nc2ccccc21.Cl. The highest BCUT2D eigenvalue weighted by atomic mass is 35.5. The molecule has 1 aromatic rings. The second kappa shape index (κ2) is 7.87. The Balaban J connectivity index is 0.00000200. The summed E-state index contributed by atoms with van der Waals surface area (Å²) in [5.74, 6) is -0.572. The molecule has 0 aromatic heterocycles. The molecule has 0 aliphatic carbocycles. The lowest BCUT2D eigenvalue weighted by Crippen LogP contribution is -2.38. The van der Waals surface area contributed by atoms with Crippen LogP contribution in [0.25, 0.3) is 0 Å². The standard InChI is InChI=1S/C14H19N3O2.ClH/c1-2-15-7-8-16-14(19)11-9-13(18)17-12-6-4-3-5-10(11)12;/h3-6,11,15H,2,7-9H2,1H3,(H,16,19)(H,17,18);1H. The molecule has 1 aliphatic heterocycles. The minimum Gasteiger partial charge on any atom is -0.354 e. The van der Waals surface area contributed by atoms with Crippen LogP contribution >= 0.6 is 12.4 Å². The monoisotopic (exact) mass is 297 g/mol. The Labute approximate surface area is 124 Å². The Kier molecular flexibility index (Phi) is 6.48. The molecule has 1 atom stereocenters. The van der Waals surface area contributed by atoms with E-state index in [-0.39, 0.29) is 36.6 Å². The summed E-state index contributed by atoms with van der Waals surface area (Å²) >= 11 is 0. The molecular weight excluding hydrogens is 278 g/mol. The van der Waals surface area contributed by atoms with Gasteiger partial charge in [-0.3, -0.25) is 9.59 Å². The third kappa shape index (κ3) is 3.95. The number of hydrogen-bond donors (Lipinski definition) is 3. The van der Waals surface area contributed by atoms with Crippen LogP contribution in [-0.2, 0) is 9.59 Å². The van der Waals surface area contributed by atoms with E-state index in [9.17, 15) is 9.59 Å². The smallest absolute Gasteiger partial charge is 0.228 e. The van der Waals surface area contributed by atoms with Crippen LogP contribution in [0.2, 0.25) is 0 Å². The molecule has 0 saturated heterocycles. The van der Waals surface area contributed by atoms with Gasteiger partial charge in [-0.05, 0) is 18.2 Å². The highest BCUT2D eigenvalue weighted by molar-refractivity contribution is 6.01. The number of carbonyl (C=O) groups is 2. The van der Waals surface area contributed by atoms with Gasteiger partial charge < -0.3 is 16.0 Å². The van der Waals surface area contributed by atoms with Gasteiger partial charge in [0.15, 0.2) is 0 Å². The van der Waals surface area contributed by atoms with Crippen LogP contribution in [-0.4, -0.2) is 31.4 Å². The fraction of sp³-hybridized carbons (Fsp3) is 0.429.